The number of ketones is 1. The molecular weight excluding hydrogens is 501 g/mol. The molecule has 0 aliphatic rings. The monoisotopic (exact) mass is 525 g/mol. The first kappa shape index (κ1) is 27.5. The van der Waals surface area contributed by atoms with Crippen molar-refractivity contribution in [2.45, 2.75) is 51.1 Å². The third kappa shape index (κ3) is 5.49. The van der Waals surface area contributed by atoms with Gasteiger partial charge in [-0.05, 0) is 29.0 Å². The Morgan fingerprint density at radius 2 is 1.11 bits per heavy atom. The molecule has 4 nitrogen and oxygen atoms in total. The Bertz CT molecular complexity index is 1370. The van der Waals surface area contributed by atoms with E-state index in [1.165, 1.54) is 31.2 Å². The predicted octanol–water partition coefficient (Wildman–Crippen LogP) is 6.27. The molecule has 0 heterocycles. The van der Waals surface area contributed by atoms with Crippen molar-refractivity contribution < 1.29 is 35.2 Å². The Morgan fingerprint density at radius 1 is 0.722 bits per heavy atom. The largest absolute Gasteiger partial charge is 0.295 e. The van der Waals surface area contributed by atoms with Crippen LogP contribution in [-0.2, 0) is 28.5 Å². The van der Waals surface area contributed by atoms with Crippen molar-refractivity contribution in [2.75, 3.05) is 0 Å². The standard InChI is InChI=1S/C26H24F5NO3S/c1-15(33)18-9-5-16(6-10-18)13-32(14-17-7-11-19(12-8-17)26(2,3)4)36(34,35)25-23(30)21(28)20(27)22(29)24(25)31/h5-12H,13-14H2,1-4H3. The van der Waals surface area contributed by atoms with Gasteiger partial charge in [0.25, 0.3) is 0 Å². The number of sulfonamides is 1. The summed E-state index contributed by atoms with van der Waals surface area (Å²) >= 11 is 0. The second kappa shape index (κ2) is 10.1. The van der Waals surface area contributed by atoms with Gasteiger partial charge in [0.2, 0.25) is 15.8 Å². The van der Waals surface area contributed by atoms with Crippen LogP contribution in [0.1, 0.15) is 54.7 Å². The average molecular weight is 526 g/mol. The van der Waals surface area contributed by atoms with Gasteiger partial charge in [-0.15, -0.1) is 0 Å². The molecule has 0 saturated heterocycles. The van der Waals surface area contributed by atoms with Gasteiger partial charge in [-0.3, -0.25) is 4.79 Å². The summed E-state index contributed by atoms with van der Waals surface area (Å²) in [4.78, 5) is 9.61. The number of carbonyl (C=O) groups is 1. The first-order valence-electron chi connectivity index (χ1n) is 10.9. The molecule has 0 bridgehead atoms. The fourth-order valence-corrected chi connectivity index (χ4v) is 5.06. The molecule has 3 aromatic rings. The lowest BCUT2D eigenvalue weighted by Crippen LogP contribution is -2.32. The molecule has 3 aromatic carbocycles. The third-order valence-electron chi connectivity index (χ3n) is 5.67. The van der Waals surface area contributed by atoms with E-state index in [-0.39, 0.29) is 11.2 Å². The van der Waals surface area contributed by atoms with Crippen molar-refractivity contribution in [2.24, 2.45) is 0 Å². The minimum absolute atomic E-state index is 0.196. The van der Waals surface area contributed by atoms with Crippen molar-refractivity contribution in [1.29, 1.82) is 0 Å². The van der Waals surface area contributed by atoms with Crippen LogP contribution in [0.5, 0.6) is 0 Å². The van der Waals surface area contributed by atoms with Crippen LogP contribution in [0, 0.1) is 29.1 Å². The zero-order chi connectivity index (χ0) is 27.0. The van der Waals surface area contributed by atoms with Crippen molar-refractivity contribution in [3.63, 3.8) is 0 Å². The van der Waals surface area contributed by atoms with Crippen LogP contribution in [0.15, 0.2) is 53.4 Å². The average Bonchev–Trinajstić information content (AvgIpc) is 2.81. The molecule has 0 amide bonds. The van der Waals surface area contributed by atoms with Crippen molar-refractivity contribution in [3.05, 3.63) is 99.9 Å². The summed E-state index contributed by atoms with van der Waals surface area (Å²) in [5.74, 6) is -12.3. The quantitative estimate of drug-likeness (QED) is 0.158. The summed E-state index contributed by atoms with van der Waals surface area (Å²) in [6.07, 6.45) is 0. The number of carbonyl (C=O) groups excluding carboxylic acids is 1. The van der Waals surface area contributed by atoms with Gasteiger partial charge in [0.15, 0.2) is 33.9 Å². The van der Waals surface area contributed by atoms with E-state index in [0.717, 1.165) is 5.56 Å². The van der Waals surface area contributed by atoms with Gasteiger partial charge < -0.3 is 0 Å². The van der Waals surface area contributed by atoms with E-state index in [4.69, 9.17) is 0 Å². The van der Waals surface area contributed by atoms with Gasteiger partial charge in [-0.1, -0.05) is 69.3 Å². The summed E-state index contributed by atoms with van der Waals surface area (Å²) in [7, 11) is -5.22. The SMILES string of the molecule is CC(=O)c1ccc(CN(Cc2ccc(C(C)(C)C)cc2)S(=O)(=O)c2c(F)c(F)c(F)c(F)c2F)cc1. The molecule has 0 saturated carbocycles. The maximum atomic E-state index is 14.5. The van der Waals surface area contributed by atoms with Gasteiger partial charge in [-0.25, -0.2) is 30.4 Å². The number of benzene rings is 3. The molecule has 0 aliphatic heterocycles. The van der Waals surface area contributed by atoms with Crippen LogP contribution in [0.3, 0.4) is 0 Å². The number of hydrogen-bond donors (Lipinski definition) is 0. The van der Waals surface area contributed by atoms with E-state index in [1.54, 1.807) is 24.3 Å². The fourth-order valence-electron chi connectivity index (χ4n) is 3.53. The Labute approximate surface area is 206 Å². The Hall–Kier alpha value is -3.11. The lowest BCUT2D eigenvalue weighted by molar-refractivity contribution is 0.101. The highest BCUT2D eigenvalue weighted by molar-refractivity contribution is 7.89. The number of rotatable bonds is 7. The maximum Gasteiger partial charge on any atom is 0.249 e. The Morgan fingerprint density at radius 3 is 1.50 bits per heavy atom. The van der Waals surface area contributed by atoms with Crippen LogP contribution < -0.4 is 0 Å². The van der Waals surface area contributed by atoms with Crippen molar-refractivity contribution in [1.82, 2.24) is 4.31 Å². The Balaban J connectivity index is 2.11. The van der Waals surface area contributed by atoms with Crippen LogP contribution in [0.25, 0.3) is 0 Å². The summed E-state index contributed by atoms with van der Waals surface area (Å²) in [6, 6.07) is 12.6. The molecule has 0 N–H and O–H groups in total. The lowest BCUT2D eigenvalue weighted by Gasteiger charge is -2.24. The normalized spacial score (nSPS) is 12.3. The highest BCUT2D eigenvalue weighted by atomic mass is 32.2. The van der Waals surface area contributed by atoms with E-state index < -0.39 is 57.1 Å². The Kier molecular flexibility index (Phi) is 7.71. The van der Waals surface area contributed by atoms with Crippen molar-refractivity contribution >= 4 is 15.8 Å². The smallest absolute Gasteiger partial charge is 0.249 e. The fraction of sp³-hybridized carbons (Fsp3) is 0.269. The molecule has 3 rings (SSSR count). The minimum atomic E-state index is -5.22. The zero-order valence-electron chi connectivity index (χ0n) is 20.0. The molecule has 0 aliphatic carbocycles. The molecule has 10 heteroatoms. The predicted molar refractivity (Wildman–Crippen MR) is 124 cm³/mol. The van der Waals surface area contributed by atoms with Gasteiger partial charge in [0, 0.05) is 18.7 Å². The molecule has 0 radical (unpaired) electrons. The first-order chi connectivity index (χ1) is 16.6. The van der Waals surface area contributed by atoms with Crippen molar-refractivity contribution in [3.8, 4) is 0 Å². The topological polar surface area (TPSA) is 54.5 Å². The summed E-state index contributed by atoms with van der Waals surface area (Å²) < 4.78 is 97.5. The lowest BCUT2D eigenvalue weighted by atomic mass is 9.87. The first-order valence-corrected chi connectivity index (χ1v) is 12.3. The molecule has 0 unspecified atom stereocenters. The molecule has 192 valence electrons. The highest BCUT2D eigenvalue weighted by Crippen LogP contribution is 2.31. The van der Waals surface area contributed by atoms with E-state index in [2.05, 4.69) is 0 Å². The van der Waals surface area contributed by atoms with Crippen LogP contribution in [-0.4, -0.2) is 18.5 Å². The van der Waals surface area contributed by atoms with Gasteiger partial charge in [0.05, 0.1) is 0 Å². The minimum Gasteiger partial charge on any atom is -0.295 e. The van der Waals surface area contributed by atoms with E-state index in [0.29, 0.717) is 21.0 Å². The molecule has 0 atom stereocenters. The molecular formula is C26H24F5NO3S. The number of Topliss-reactive ketones (excluding diaryl/α,β-unsaturated/α-hetero) is 1. The van der Waals surface area contributed by atoms with E-state index in [1.807, 2.05) is 20.8 Å². The summed E-state index contributed by atoms with van der Waals surface area (Å²) in [6.45, 7) is 6.41. The molecule has 0 spiro atoms. The molecule has 36 heavy (non-hydrogen) atoms. The maximum absolute atomic E-state index is 14.5. The highest BCUT2D eigenvalue weighted by Gasteiger charge is 2.37. The van der Waals surface area contributed by atoms with E-state index >= 15 is 0 Å². The van der Waals surface area contributed by atoms with E-state index in [9.17, 15) is 35.2 Å². The van der Waals surface area contributed by atoms with Crippen LogP contribution in [0.4, 0.5) is 22.0 Å². The second-order valence-electron chi connectivity index (χ2n) is 9.37. The third-order valence-corrected chi connectivity index (χ3v) is 7.48. The summed E-state index contributed by atoms with van der Waals surface area (Å²) in [5, 5.41) is 0. The van der Waals surface area contributed by atoms with Gasteiger partial charge in [0.1, 0.15) is 0 Å². The number of hydrogen-bond acceptors (Lipinski definition) is 3. The summed E-state index contributed by atoms with van der Waals surface area (Å²) in [5.41, 5.74) is 1.86. The number of nitrogens with zero attached hydrogens (tertiary/aromatic N) is 1. The molecule has 0 fully saturated rings. The van der Waals surface area contributed by atoms with Crippen LogP contribution >= 0.6 is 0 Å². The van der Waals surface area contributed by atoms with Crippen LogP contribution in [0.2, 0.25) is 0 Å². The second-order valence-corrected chi connectivity index (χ2v) is 11.2. The zero-order valence-corrected chi connectivity index (χ0v) is 20.8. The molecule has 0 aromatic heterocycles. The van der Waals surface area contributed by atoms with Gasteiger partial charge in [-0.2, -0.15) is 4.31 Å². The number of halogens is 5. The van der Waals surface area contributed by atoms with Gasteiger partial charge >= 0.3 is 0 Å².